The summed E-state index contributed by atoms with van der Waals surface area (Å²) >= 11 is 0. The van der Waals surface area contributed by atoms with Gasteiger partial charge in [-0.1, -0.05) is 35.9 Å². The normalized spacial score (nSPS) is 12.0. The van der Waals surface area contributed by atoms with Gasteiger partial charge in [0.25, 0.3) is 15.7 Å². The lowest BCUT2D eigenvalue weighted by Crippen LogP contribution is -2.12. The summed E-state index contributed by atoms with van der Waals surface area (Å²) in [6.45, 7) is 3.47. The number of para-hydroxylation sites is 1. The second-order valence-electron chi connectivity index (χ2n) is 9.33. The largest absolute Gasteiger partial charge is 0.322 e. The first-order valence-corrected chi connectivity index (χ1v) is 15.3. The second-order valence-corrected chi connectivity index (χ2v) is 13.1. The highest BCUT2D eigenvalue weighted by atomic mass is 32.2. The van der Waals surface area contributed by atoms with E-state index in [1.54, 1.807) is 32.0 Å². The van der Waals surface area contributed by atoms with Crippen molar-refractivity contribution >= 4 is 48.1 Å². The minimum Gasteiger partial charge on any atom is -0.322 e. The Balaban J connectivity index is 1.71. The summed E-state index contributed by atoms with van der Waals surface area (Å²) in [7, 11) is -8.12. The van der Waals surface area contributed by atoms with Crippen LogP contribution >= 0.6 is 0 Å². The molecular formula is C27H22FN5O6S2. The molecule has 0 aliphatic rings. The molecule has 14 heteroatoms. The zero-order valence-electron chi connectivity index (χ0n) is 21.9. The summed E-state index contributed by atoms with van der Waals surface area (Å²) in [4.78, 5) is 19.3. The maximum absolute atomic E-state index is 15.0. The van der Waals surface area contributed by atoms with Gasteiger partial charge in [-0.05, 0) is 43.7 Å². The monoisotopic (exact) mass is 595 g/mol. The standard InChI is InChI=1S/C27H22FN5O6S2/c1-16-10-12-18(13-11-16)41(38,39)32-15-20(19-6-4-8-22(26(19)32)33(34)35)25-17(2)14-29-27(31-25)30-21-7-5-9-23(24(21)28)40(3,36)37/h4-15H,1-3H3,(H,29,30,31). The average molecular weight is 596 g/mol. The molecule has 0 aliphatic heterocycles. The van der Waals surface area contributed by atoms with E-state index in [4.69, 9.17) is 0 Å². The van der Waals surface area contributed by atoms with Crippen LogP contribution in [0.5, 0.6) is 0 Å². The zero-order chi connectivity index (χ0) is 29.7. The minimum absolute atomic E-state index is 0.0623. The van der Waals surface area contributed by atoms with Crippen molar-refractivity contribution in [2.45, 2.75) is 23.6 Å². The zero-order valence-corrected chi connectivity index (χ0v) is 23.5. The first-order valence-electron chi connectivity index (χ1n) is 12.0. The summed E-state index contributed by atoms with van der Waals surface area (Å²) < 4.78 is 67.2. The van der Waals surface area contributed by atoms with E-state index in [1.165, 1.54) is 48.8 Å². The summed E-state index contributed by atoms with van der Waals surface area (Å²) in [6, 6.07) is 14.1. The number of rotatable bonds is 7. The summed E-state index contributed by atoms with van der Waals surface area (Å²) in [5, 5.41) is 14.9. The third-order valence-corrected chi connectivity index (χ3v) is 9.17. The van der Waals surface area contributed by atoms with E-state index in [2.05, 4.69) is 15.3 Å². The number of benzene rings is 3. The van der Waals surface area contributed by atoms with Crippen molar-refractivity contribution in [2.75, 3.05) is 11.6 Å². The van der Waals surface area contributed by atoms with Gasteiger partial charge < -0.3 is 5.32 Å². The number of halogens is 1. The number of hydrogen-bond acceptors (Lipinski definition) is 9. The number of nitro benzene ring substituents is 1. The number of non-ortho nitro benzene ring substituents is 1. The van der Waals surface area contributed by atoms with E-state index in [-0.39, 0.29) is 38.7 Å². The fraction of sp³-hybridized carbons (Fsp3) is 0.111. The number of nitro groups is 1. The van der Waals surface area contributed by atoms with Gasteiger partial charge in [-0.3, -0.25) is 10.1 Å². The molecule has 0 amide bonds. The summed E-state index contributed by atoms with van der Waals surface area (Å²) in [5.74, 6) is -1.12. The quantitative estimate of drug-likeness (QED) is 0.199. The van der Waals surface area contributed by atoms with Gasteiger partial charge in [0.2, 0.25) is 5.95 Å². The molecule has 0 bridgehead atoms. The van der Waals surface area contributed by atoms with Crippen LogP contribution in [-0.4, -0.2) is 42.0 Å². The average Bonchev–Trinajstić information content (AvgIpc) is 3.31. The molecule has 0 saturated heterocycles. The van der Waals surface area contributed by atoms with Gasteiger partial charge in [0, 0.05) is 35.7 Å². The molecule has 2 heterocycles. The van der Waals surface area contributed by atoms with Crippen LogP contribution in [0.1, 0.15) is 11.1 Å². The summed E-state index contributed by atoms with van der Waals surface area (Å²) in [6.07, 6.45) is 3.56. The van der Waals surface area contributed by atoms with Gasteiger partial charge in [0.1, 0.15) is 10.4 Å². The molecule has 0 spiro atoms. The molecule has 2 aromatic heterocycles. The molecule has 1 N–H and O–H groups in total. The van der Waals surface area contributed by atoms with Crippen LogP contribution in [0.2, 0.25) is 0 Å². The minimum atomic E-state index is -4.27. The molecule has 0 atom stereocenters. The number of aromatic nitrogens is 3. The molecule has 41 heavy (non-hydrogen) atoms. The number of sulfone groups is 1. The number of nitrogens with zero attached hydrogens (tertiary/aromatic N) is 4. The highest BCUT2D eigenvalue weighted by Gasteiger charge is 2.28. The number of hydrogen-bond donors (Lipinski definition) is 1. The Morgan fingerprint density at radius 3 is 2.32 bits per heavy atom. The predicted molar refractivity (Wildman–Crippen MR) is 151 cm³/mol. The van der Waals surface area contributed by atoms with E-state index in [9.17, 15) is 31.3 Å². The van der Waals surface area contributed by atoms with Gasteiger partial charge in [0.05, 0.1) is 21.2 Å². The Kier molecular flexibility index (Phi) is 6.83. The number of aryl methyl sites for hydroxylation is 2. The Morgan fingerprint density at radius 2 is 1.66 bits per heavy atom. The van der Waals surface area contributed by atoms with Crippen LogP contribution in [0.3, 0.4) is 0 Å². The van der Waals surface area contributed by atoms with E-state index in [0.717, 1.165) is 21.9 Å². The lowest BCUT2D eigenvalue weighted by molar-refractivity contribution is -0.383. The van der Waals surface area contributed by atoms with Crippen LogP contribution in [-0.2, 0) is 19.9 Å². The van der Waals surface area contributed by atoms with Crippen molar-refractivity contribution in [1.29, 1.82) is 0 Å². The molecule has 0 fully saturated rings. The lowest BCUT2D eigenvalue weighted by Gasteiger charge is -2.11. The lowest BCUT2D eigenvalue weighted by atomic mass is 10.1. The van der Waals surface area contributed by atoms with Crippen molar-refractivity contribution in [2.24, 2.45) is 0 Å². The summed E-state index contributed by atoms with van der Waals surface area (Å²) in [5.41, 5.74) is 1.06. The maximum Gasteiger partial charge on any atom is 0.294 e. The van der Waals surface area contributed by atoms with Crippen molar-refractivity contribution < 1.29 is 26.1 Å². The van der Waals surface area contributed by atoms with Crippen LogP contribution in [0.25, 0.3) is 22.2 Å². The molecule has 3 aromatic carbocycles. The fourth-order valence-electron chi connectivity index (χ4n) is 4.37. The van der Waals surface area contributed by atoms with Crippen molar-refractivity contribution in [3.8, 4) is 11.3 Å². The molecule has 0 saturated carbocycles. The van der Waals surface area contributed by atoms with Gasteiger partial charge in [-0.15, -0.1) is 0 Å². The van der Waals surface area contributed by atoms with Crippen LogP contribution in [0.15, 0.2) is 82.8 Å². The Labute approximate surface area is 234 Å². The van der Waals surface area contributed by atoms with Crippen LogP contribution in [0, 0.1) is 29.8 Å². The van der Waals surface area contributed by atoms with Gasteiger partial charge in [0.15, 0.2) is 15.7 Å². The molecular weight excluding hydrogens is 573 g/mol. The van der Waals surface area contributed by atoms with Crippen molar-refractivity contribution in [3.63, 3.8) is 0 Å². The third kappa shape index (κ3) is 5.02. The van der Waals surface area contributed by atoms with Gasteiger partial charge in [-0.2, -0.15) is 0 Å². The molecule has 0 aliphatic carbocycles. The topological polar surface area (TPSA) is 154 Å². The molecule has 11 nitrogen and oxygen atoms in total. The number of anilines is 2. The maximum atomic E-state index is 15.0. The first kappa shape index (κ1) is 27.9. The Bertz CT molecular complexity index is 2080. The van der Waals surface area contributed by atoms with Gasteiger partial charge in [-0.25, -0.2) is 35.2 Å². The number of nitrogens with one attached hydrogen (secondary N) is 1. The fourth-order valence-corrected chi connectivity index (χ4v) is 6.51. The smallest absolute Gasteiger partial charge is 0.294 e. The third-order valence-electron chi connectivity index (χ3n) is 6.38. The van der Waals surface area contributed by atoms with E-state index < -0.39 is 41.2 Å². The highest BCUT2D eigenvalue weighted by molar-refractivity contribution is 7.90. The Hall–Kier alpha value is -4.69. The SMILES string of the molecule is Cc1ccc(S(=O)(=O)n2cc(-c3nc(Nc4cccc(S(C)(=O)=O)c4F)ncc3C)c3cccc([N+](=O)[O-])c32)cc1. The molecule has 0 unspecified atom stereocenters. The van der Waals surface area contributed by atoms with E-state index in [1.807, 2.05) is 0 Å². The van der Waals surface area contributed by atoms with Crippen LogP contribution < -0.4 is 5.32 Å². The molecule has 210 valence electrons. The van der Waals surface area contributed by atoms with E-state index >= 15 is 0 Å². The van der Waals surface area contributed by atoms with Crippen LogP contribution in [0.4, 0.5) is 21.7 Å². The highest BCUT2D eigenvalue weighted by Crippen LogP contribution is 2.38. The second kappa shape index (κ2) is 10.1. The molecule has 5 rings (SSSR count). The molecule has 0 radical (unpaired) electrons. The van der Waals surface area contributed by atoms with Crippen molar-refractivity contribution in [1.82, 2.24) is 13.9 Å². The van der Waals surface area contributed by atoms with Crippen molar-refractivity contribution in [3.05, 3.63) is 100 Å². The van der Waals surface area contributed by atoms with Gasteiger partial charge >= 0.3 is 0 Å². The number of fused-ring (bicyclic) bond motifs is 1. The molecule has 5 aromatic rings. The van der Waals surface area contributed by atoms with E-state index in [0.29, 0.717) is 5.56 Å². The first-order chi connectivity index (χ1) is 19.3. The Morgan fingerprint density at radius 1 is 0.976 bits per heavy atom. The predicted octanol–water partition coefficient (Wildman–Crippen LogP) is 5.15.